The summed E-state index contributed by atoms with van der Waals surface area (Å²) >= 11 is 0. The second kappa shape index (κ2) is 5.77. The number of hydrogen-bond acceptors (Lipinski definition) is 3. The highest BCUT2D eigenvalue weighted by atomic mass is 16.3. The first-order valence-electron chi connectivity index (χ1n) is 7.23. The fourth-order valence-electron chi connectivity index (χ4n) is 2.92. The number of fused-ring (bicyclic) bond motifs is 1. The zero-order valence-electron chi connectivity index (χ0n) is 11.7. The summed E-state index contributed by atoms with van der Waals surface area (Å²) < 4.78 is 1.94. The van der Waals surface area contributed by atoms with E-state index in [0.717, 1.165) is 19.4 Å². The Bertz CT molecular complexity index is 553. The predicted octanol–water partition coefficient (Wildman–Crippen LogP) is 1.91. The van der Waals surface area contributed by atoms with E-state index in [0.29, 0.717) is 6.04 Å². The number of aliphatic hydroxyl groups excluding tert-OH is 1. The van der Waals surface area contributed by atoms with Gasteiger partial charge in [0.25, 0.3) is 0 Å². The maximum Gasteiger partial charge on any atom is 0.0775 e. The van der Waals surface area contributed by atoms with Crippen molar-refractivity contribution in [2.45, 2.75) is 44.5 Å². The van der Waals surface area contributed by atoms with Crippen molar-refractivity contribution in [3.05, 3.63) is 53.9 Å². The van der Waals surface area contributed by atoms with Gasteiger partial charge < -0.3 is 10.4 Å². The molecule has 1 aromatic heterocycles. The highest BCUT2D eigenvalue weighted by Gasteiger charge is 2.31. The Morgan fingerprint density at radius 3 is 3.05 bits per heavy atom. The number of hydrogen-bond donors (Lipinski definition) is 2. The molecule has 0 saturated heterocycles. The van der Waals surface area contributed by atoms with Gasteiger partial charge in [-0.25, -0.2) is 0 Å². The van der Waals surface area contributed by atoms with Gasteiger partial charge in [-0.2, -0.15) is 5.10 Å². The molecule has 20 heavy (non-hydrogen) atoms. The molecule has 1 heterocycles. The Morgan fingerprint density at radius 2 is 2.25 bits per heavy atom. The van der Waals surface area contributed by atoms with Gasteiger partial charge in [0.05, 0.1) is 12.1 Å². The number of rotatable bonds is 5. The van der Waals surface area contributed by atoms with Gasteiger partial charge >= 0.3 is 0 Å². The van der Waals surface area contributed by atoms with Crippen LogP contribution in [0.3, 0.4) is 0 Å². The van der Waals surface area contributed by atoms with Crippen LogP contribution in [-0.4, -0.2) is 27.0 Å². The molecule has 4 nitrogen and oxygen atoms in total. The Morgan fingerprint density at radius 1 is 1.40 bits per heavy atom. The molecule has 2 N–H and O–H groups in total. The SMILES string of the molecule is CC(CCn1cccn1)N[C@@H]1c2ccccc2C[C@@H]1O. The van der Waals surface area contributed by atoms with Crippen LogP contribution in [0.5, 0.6) is 0 Å². The normalized spacial score (nSPS) is 22.7. The molecule has 3 rings (SSSR count). The Kier molecular flexibility index (Phi) is 3.85. The van der Waals surface area contributed by atoms with Crippen LogP contribution < -0.4 is 5.32 Å². The van der Waals surface area contributed by atoms with E-state index in [4.69, 9.17) is 0 Å². The highest BCUT2D eigenvalue weighted by molar-refractivity contribution is 5.36. The highest BCUT2D eigenvalue weighted by Crippen LogP contribution is 2.31. The molecule has 1 aliphatic carbocycles. The van der Waals surface area contributed by atoms with Gasteiger partial charge in [0.15, 0.2) is 0 Å². The fourth-order valence-corrected chi connectivity index (χ4v) is 2.92. The van der Waals surface area contributed by atoms with Gasteiger partial charge in [-0.3, -0.25) is 4.68 Å². The van der Waals surface area contributed by atoms with Crippen LogP contribution in [0.2, 0.25) is 0 Å². The molecule has 0 amide bonds. The maximum atomic E-state index is 10.2. The fraction of sp³-hybridized carbons (Fsp3) is 0.438. The molecule has 1 unspecified atom stereocenters. The number of nitrogens with zero attached hydrogens (tertiary/aromatic N) is 2. The molecule has 1 aliphatic rings. The topological polar surface area (TPSA) is 50.1 Å². The third-order valence-corrected chi connectivity index (χ3v) is 4.02. The molecule has 0 saturated carbocycles. The quantitative estimate of drug-likeness (QED) is 0.873. The van der Waals surface area contributed by atoms with Crippen LogP contribution in [-0.2, 0) is 13.0 Å². The molecular weight excluding hydrogens is 250 g/mol. The molecule has 1 aromatic carbocycles. The van der Waals surface area contributed by atoms with E-state index in [1.54, 1.807) is 6.20 Å². The van der Waals surface area contributed by atoms with Crippen molar-refractivity contribution in [1.29, 1.82) is 0 Å². The predicted molar refractivity (Wildman–Crippen MR) is 78.3 cm³/mol. The summed E-state index contributed by atoms with van der Waals surface area (Å²) in [5.41, 5.74) is 2.50. The van der Waals surface area contributed by atoms with Crippen molar-refractivity contribution < 1.29 is 5.11 Å². The Hall–Kier alpha value is -1.65. The molecule has 4 heteroatoms. The van der Waals surface area contributed by atoms with Crippen molar-refractivity contribution in [3.63, 3.8) is 0 Å². The van der Waals surface area contributed by atoms with Gasteiger partial charge in [0.1, 0.15) is 0 Å². The summed E-state index contributed by atoms with van der Waals surface area (Å²) in [6.07, 6.45) is 5.20. The van der Waals surface area contributed by atoms with Gasteiger partial charge in [0, 0.05) is 31.4 Å². The first-order valence-corrected chi connectivity index (χ1v) is 7.23. The van der Waals surface area contributed by atoms with E-state index in [9.17, 15) is 5.11 Å². The summed E-state index contributed by atoms with van der Waals surface area (Å²) in [5.74, 6) is 0. The van der Waals surface area contributed by atoms with Crippen LogP contribution in [0, 0.1) is 0 Å². The van der Waals surface area contributed by atoms with Gasteiger partial charge in [-0.05, 0) is 30.5 Å². The summed E-state index contributed by atoms with van der Waals surface area (Å²) in [6, 6.07) is 10.6. The minimum Gasteiger partial charge on any atom is -0.391 e. The van der Waals surface area contributed by atoms with Crippen LogP contribution in [0.4, 0.5) is 0 Å². The molecule has 3 atom stereocenters. The summed E-state index contributed by atoms with van der Waals surface area (Å²) in [6.45, 7) is 3.06. The van der Waals surface area contributed by atoms with E-state index in [-0.39, 0.29) is 12.1 Å². The average molecular weight is 271 g/mol. The average Bonchev–Trinajstić information content (AvgIpc) is 3.06. The molecule has 0 radical (unpaired) electrons. The third-order valence-electron chi connectivity index (χ3n) is 4.02. The second-order valence-corrected chi connectivity index (χ2v) is 5.57. The summed E-state index contributed by atoms with van der Waals surface area (Å²) in [4.78, 5) is 0. The minimum atomic E-state index is -0.320. The van der Waals surface area contributed by atoms with E-state index >= 15 is 0 Å². The standard InChI is InChI=1S/C16H21N3O/c1-12(7-10-19-9-4-8-17-19)18-16-14-6-3-2-5-13(14)11-15(16)20/h2-6,8-9,12,15-16,18,20H,7,10-11H2,1H3/t12?,15-,16+/m0/s1. The van der Waals surface area contributed by atoms with Crippen molar-refractivity contribution in [2.75, 3.05) is 0 Å². The van der Waals surface area contributed by atoms with Crippen LogP contribution in [0.1, 0.15) is 30.5 Å². The lowest BCUT2D eigenvalue weighted by molar-refractivity contribution is 0.134. The van der Waals surface area contributed by atoms with Gasteiger partial charge in [0.2, 0.25) is 0 Å². The lowest BCUT2D eigenvalue weighted by atomic mass is 10.1. The van der Waals surface area contributed by atoms with Crippen LogP contribution >= 0.6 is 0 Å². The first-order chi connectivity index (χ1) is 9.74. The minimum absolute atomic E-state index is 0.0545. The van der Waals surface area contributed by atoms with Gasteiger partial charge in [-0.15, -0.1) is 0 Å². The lowest BCUT2D eigenvalue weighted by Gasteiger charge is -2.23. The molecule has 2 aromatic rings. The molecule has 0 aliphatic heterocycles. The number of aryl methyl sites for hydroxylation is 1. The number of aromatic nitrogens is 2. The van der Waals surface area contributed by atoms with Crippen molar-refractivity contribution in [1.82, 2.24) is 15.1 Å². The summed E-state index contributed by atoms with van der Waals surface area (Å²) in [7, 11) is 0. The van der Waals surface area contributed by atoms with E-state index in [1.165, 1.54) is 11.1 Å². The first kappa shape index (κ1) is 13.3. The van der Waals surface area contributed by atoms with E-state index in [1.807, 2.05) is 29.1 Å². The third kappa shape index (κ3) is 2.76. The van der Waals surface area contributed by atoms with Crippen LogP contribution in [0.25, 0.3) is 0 Å². The van der Waals surface area contributed by atoms with Gasteiger partial charge in [-0.1, -0.05) is 24.3 Å². The lowest BCUT2D eigenvalue weighted by Crippen LogP contribution is -2.36. The molecule has 0 spiro atoms. The smallest absolute Gasteiger partial charge is 0.0775 e. The van der Waals surface area contributed by atoms with E-state index < -0.39 is 0 Å². The Labute approximate surface area is 119 Å². The molecule has 0 bridgehead atoms. The second-order valence-electron chi connectivity index (χ2n) is 5.57. The summed E-state index contributed by atoms with van der Waals surface area (Å²) in [5, 5.41) is 18.0. The van der Waals surface area contributed by atoms with Crippen LogP contribution in [0.15, 0.2) is 42.7 Å². The van der Waals surface area contributed by atoms with Crippen molar-refractivity contribution in [2.24, 2.45) is 0 Å². The molecule has 0 fully saturated rings. The maximum absolute atomic E-state index is 10.2. The van der Waals surface area contributed by atoms with Crippen molar-refractivity contribution >= 4 is 0 Å². The largest absolute Gasteiger partial charge is 0.391 e. The van der Waals surface area contributed by atoms with E-state index in [2.05, 4.69) is 29.5 Å². The number of nitrogens with one attached hydrogen (secondary N) is 1. The number of benzene rings is 1. The zero-order chi connectivity index (χ0) is 13.9. The monoisotopic (exact) mass is 271 g/mol. The number of aliphatic hydroxyl groups is 1. The van der Waals surface area contributed by atoms with Crippen molar-refractivity contribution in [3.8, 4) is 0 Å². The molecule has 106 valence electrons. The zero-order valence-corrected chi connectivity index (χ0v) is 11.7. The molecular formula is C16H21N3O. The Balaban J connectivity index is 1.60.